The molecule has 2 aliphatic rings. The maximum absolute atomic E-state index is 11.9. The van der Waals surface area contributed by atoms with Gasteiger partial charge in [-0.3, -0.25) is 0 Å². The molecule has 2 N–H and O–H groups in total. The Balaban J connectivity index is 1.61. The van der Waals surface area contributed by atoms with Gasteiger partial charge in [0.15, 0.2) is 0 Å². The molecule has 6 atom stereocenters. The van der Waals surface area contributed by atoms with Crippen molar-refractivity contribution in [3.8, 4) is 0 Å². The number of esters is 2. The molecule has 2 fully saturated rings. The third-order valence-corrected chi connectivity index (χ3v) is 7.91. The Bertz CT molecular complexity index is 751. The fourth-order valence-corrected chi connectivity index (χ4v) is 5.67. The molecule has 0 spiro atoms. The van der Waals surface area contributed by atoms with E-state index in [4.69, 9.17) is 18.9 Å². The lowest BCUT2D eigenvalue weighted by molar-refractivity contribution is -0.139. The average Bonchev–Trinajstić information content (AvgIpc) is 2.91. The summed E-state index contributed by atoms with van der Waals surface area (Å²) in [6, 6.07) is 0. The average molecular weight is 537 g/mol. The number of carbonyl (C=O) groups is 4. The molecule has 0 aromatic rings. The Kier molecular flexibility index (Phi) is 13.7. The van der Waals surface area contributed by atoms with Crippen LogP contribution in [0.15, 0.2) is 25.3 Å². The van der Waals surface area contributed by atoms with Crippen LogP contribution in [-0.2, 0) is 28.5 Å². The molecule has 0 bridgehead atoms. The van der Waals surface area contributed by atoms with E-state index in [-0.39, 0.29) is 26.4 Å². The first-order valence-corrected chi connectivity index (χ1v) is 13.6. The predicted molar refractivity (Wildman–Crippen MR) is 141 cm³/mol. The Morgan fingerprint density at radius 1 is 0.658 bits per heavy atom. The third kappa shape index (κ3) is 11.1. The monoisotopic (exact) mass is 536 g/mol. The Morgan fingerprint density at radius 3 is 1.37 bits per heavy atom. The first kappa shape index (κ1) is 31.2. The molecule has 2 amide bonds. The van der Waals surface area contributed by atoms with Gasteiger partial charge in [-0.15, -0.1) is 0 Å². The highest BCUT2D eigenvalue weighted by Crippen LogP contribution is 2.44. The summed E-state index contributed by atoms with van der Waals surface area (Å²) >= 11 is 0. The maximum Gasteiger partial charge on any atom is 0.407 e. The summed E-state index contributed by atoms with van der Waals surface area (Å²) in [6.07, 6.45) is 7.93. The second-order valence-electron chi connectivity index (χ2n) is 10.4. The lowest BCUT2D eigenvalue weighted by atomic mass is 9.64. The van der Waals surface area contributed by atoms with E-state index in [2.05, 4.69) is 37.6 Å². The van der Waals surface area contributed by atoms with Gasteiger partial charge in [0.05, 0.1) is 0 Å². The summed E-state index contributed by atoms with van der Waals surface area (Å²) in [5.41, 5.74) is 0. The smallest absolute Gasteiger partial charge is 0.407 e. The SMILES string of the molecule is C=CC(=O)OCCOC(=O)NCC1CCC(C2CCC(CNC(=O)OCCOC(=O)C=C)C(C)C2)CC1C. The topological polar surface area (TPSA) is 129 Å². The van der Waals surface area contributed by atoms with E-state index >= 15 is 0 Å². The van der Waals surface area contributed by atoms with Crippen molar-refractivity contribution in [1.29, 1.82) is 0 Å². The van der Waals surface area contributed by atoms with E-state index in [1.165, 1.54) is 0 Å². The van der Waals surface area contributed by atoms with E-state index in [9.17, 15) is 19.2 Å². The number of ether oxygens (including phenoxy) is 4. The van der Waals surface area contributed by atoms with Crippen LogP contribution in [0.4, 0.5) is 9.59 Å². The first-order valence-electron chi connectivity index (χ1n) is 13.6. The standard InChI is InChI=1S/C28H44N2O8/c1-5-25(31)35-11-13-37-27(33)29-17-23-9-7-21(15-19(23)3)22-8-10-24(20(4)16-22)18-30-28(34)38-14-12-36-26(32)6-2/h5-6,19-24H,1-2,7-18H2,3-4H3,(H,29,33)(H,30,34). The van der Waals surface area contributed by atoms with Crippen molar-refractivity contribution >= 4 is 24.1 Å². The lowest BCUT2D eigenvalue weighted by Crippen LogP contribution is -2.39. The zero-order valence-electron chi connectivity index (χ0n) is 22.8. The molecule has 214 valence electrons. The van der Waals surface area contributed by atoms with Crippen LogP contribution in [0.1, 0.15) is 52.4 Å². The van der Waals surface area contributed by atoms with Crippen molar-refractivity contribution in [2.45, 2.75) is 52.4 Å². The van der Waals surface area contributed by atoms with Crippen molar-refractivity contribution in [2.75, 3.05) is 39.5 Å². The van der Waals surface area contributed by atoms with Crippen LogP contribution in [0.5, 0.6) is 0 Å². The van der Waals surface area contributed by atoms with Crippen LogP contribution in [-0.4, -0.2) is 63.6 Å². The van der Waals surface area contributed by atoms with Gasteiger partial charge in [0.1, 0.15) is 26.4 Å². The van der Waals surface area contributed by atoms with Gasteiger partial charge in [-0.2, -0.15) is 0 Å². The number of nitrogens with one attached hydrogen (secondary N) is 2. The molecule has 0 heterocycles. The zero-order chi connectivity index (χ0) is 27.9. The van der Waals surface area contributed by atoms with Gasteiger partial charge in [0, 0.05) is 25.2 Å². The molecular formula is C28H44N2O8. The van der Waals surface area contributed by atoms with Crippen molar-refractivity contribution in [3.63, 3.8) is 0 Å². The minimum absolute atomic E-state index is 0.00955. The van der Waals surface area contributed by atoms with Crippen LogP contribution < -0.4 is 10.6 Å². The van der Waals surface area contributed by atoms with E-state index in [0.717, 1.165) is 50.7 Å². The summed E-state index contributed by atoms with van der Waals surface area (Å²) in [5, 5.41) is 5.69. The second-order valence-corrected chi connectivity index (χ2v) is 10.4. The van der Waals surface area contributed by atoms with Crippen molar-refractivity contribution in [2.24, 2.45) is 35.5 Å². The summed E-state index contributed by atoms with van der Waals surface area (Å²) in [7, 11) is 0. The predicted octanol–water partition coefficient (Wildman–Crippen LogP) is 4.00. The Labute approximate surface area is 225 Å². The van der Waals surface area contributed by atoms with E-state index in [0.29, 0.717) is 48.6 Å². The molecular weight excluding hydrogens is 492 g/mol. The van der Waals surface area contributed by atoms with Gasteiger partial charge in [0.25, 0.3) is 0 Å². The summed E-state index contributed by atoms with van der Waals surface area (Å²) in [4.78, 5) is 45.8. The molecule has 0 radical (unpaired) electrons. The minimum Gasteiger partial charge on any atom is -0.459 e. The van der Waals surface area contributed by atoms with Crippen LogP contribution in [0.2, 0.25) is 0 Å². The summed E-state index contributed by atoms with van der Waals surface area (Å²) in [6.45, 7) is 12.4. The third-order valence-electron chi connectivity index (χ3n) is 7.91. The van der Waals surface area contributed by atoms with Gasteiger partial charge in [-0.1, -0.05) is 27.0 Å². The fraction of sp³-hybridized carbons (Fsp3) is 0.714. The van der Waals surface area contributed by atoms with Gasteiger partial charge in [-0.25, -0.2) is 19.2 Å². The molecule has 2 saturated carbocycles. The molecule has 10 heteroatoms. The van der Waals surface area contributed by atoms with Crippen LogP contribution >= 0.6 is 0 Å². The molecule has 2 aliphatic carbocycles. The highest BCUT2D eigenvalue weighted by molar-refractivity contribution is 5.81. The summed E-state index contributed by atoms with van der Waals surface area (Å²) < 4.78 is 19.7. The first-order chi connectivity index (χ1) is 18.2. The van der Waals surface area contributed by atoms with Gasteiger partial charge in [-0.05, 0) is 74.0 Å². The van der Waals surface area contributed by atoms with E-state index in [1.807, 2.05) is 0 Å². The van der Waals surface area contributed by atoms with Crippen molar-refractivity contribution in [1.82, 2.24) is 10.6 Å². The molecule has 0 aromatic carbocycles. The van der Waals surface area contributed by atoms with E-state index in [1.54, 1.807) is 0 Å². The van der Waals surface area contributed by atoms with Gasteiger partial charge < -0.3 is 29.6 Å². The molecule has 0 aromatic heterocycles. The molecule has 2 rings (SSSR count). The Morgan fingerprint density at radius 2 is 1.03 bits per heavy atom. The highest BCUT2D eigenvalue weighted by atomic mass is 16.6. The van der Waals surface area contributed by atoms with Gasteiger partial charge in [0.2, 0.25) is 0 Å². The number of carbonyl (C=O) groups excluding carboxylic acids is 4. The fourth-order valence-electron chi connectivity index (χ4n) is 5.67. The number of hydrogen-bond acceptors (Lipinski definition) is 8. The quantitative estimate of drug-likeness (QED) is 0.156. The molecule has 0 saturated heterocycles. The zero-order valence-corrected chi connectivity index (χ0v) is 22.8. The van der Waals surface area contributed by atoms with Crippen molar-refractivity contribution < 1.29 is 38.1 Å². The Hall–Kier alpha value is -3.04. The number of amides is 2. The summed E-state index contributed by atoms with van der Waals surface area (Å²) in [5.74, 6) is 2.15. The number of rotatable bonds is 13. The van der Waals surface area contributed by atoms with Crippen LogP contribution in [0.3, 0.4) is 0 Å². The lowest BCUT2D eigenvalue weighted by Gasteiger charge is -2.42. The maximum atomic E-state index is 11.9. The van der Waals surface area contributed by atoms with E-state index < -0.39 is 24.1 Å². The number of hydrogen-bond donors (Lipinski definition) is 2. The molecule has 0 aliphatic heterocycles. The molecule has 6 unspecified atom stereocenters. The van der Waals surface area contributed by atoms with Crippen LogP contribution in [0, 0.1) is 35.5 Å². The number of alkyl carbamates (subject to hydrolysis) is 2. The van der Waals surface area contributed by atoms with Gasteiger partial charge >= 0.3 is 24.1 Å². The molecule has 10 nitrogen and oxygen atoms in total. The normalized spacial score (nSPS) is 26.8. The highest BCUT2D eigenvalue weighted by Gasteiger charge is 2.36. The van der Waals surface area contributed by atoms with Crippen LogP contribution in [0.25, 0.3) is 0 Å². The second kappa shape index (κ2) is 16.7. The molecule has 38 heavy (non-hydrogen) atoms. The largest absolute Gasteiger partial charge is 0.459 e. The minimum atomic E-state index is -0.540. The van der Waals surface area contributed by atoms with Crippen molar-refractivity contribution in [3.05, 3.63) is 25.3 Å².